The molecule has 6 rings (SSSR count). The van der Waals surface area contributed by atoms with Gasteiger partial charge in [0.1, 0.15) is 6.54 Å². The maximum absolute atomic E-state index is 12.9. The zero-order chi connectivity index (χ0) is 24.8. The average molecular weight is 483 g/mol. The first-order valence-electron chi connectivity index (χ1n) is 11.8. The fraction of sp³-hybridized carbons (Fsp3) is 0.308. The van der Waals surface area contributed by atoms with Crippen molar-refractivity contribution in [2.45, 2.75) is 12.5 Å². The number of pyridine rings is 1. The molecule has 2 fully saturated rings. The van der Waals surface area contributed by atoms with Gasteiger partial charge in [0.05, 0.1) is 6.33 Å². The van der Waals surface area contributed by atoms with Crippen LogP contribution >= 0.6 is 0 Å². The summed E-state index contributed by atoms with van der Waals surface area (Å²) in [7, 11) is 3.44. The van der Waals surface area contributed by atoms with E-state index in [0.717, 1.165) is 24.5 Å². The van der Waals surface area contributed by atoms with Crippen molar-refractivity contribution < 1.29 is 9.32 Å². The van der Waals surface area contributed by atoms with E-state index in [2.05, 4.69) is 61.0 Å². The van der Waals surface area contributed by atoms with Gasteiger partial charge in [0, 0.05) is 51.2 Å². The molecule has 1 amide bonds. The van der Waals surface area contributed by atoms with Crippen LogP contribution in [0.15, 0.2) is 64.6 Å². The van der Waals surface area contributed by atoms with Gasteiger partial charge in [-0.25, -0.2) is 9.98 Å². The number of anilines is 1. The van der Waals surface area contributed by atoms with Gasteiger partial charge in [0.2, 0.25) is 5.89 Å². The van der Waals surface area contributed by atoms with E-state index in [9.17, 15) is 4.79 Å². The molecule has 0 N–H and O–H groups in total. The number of aromatic nitrogens is 5. The second-order valence-electron chi connectivity index (χ2n) is 9.44. The molecule has 1 saturated heterocycles. The molecule has 1 aromatic carbocycles. The van der Waals surface area contributed by atoms with Crippen molar-refractivity contribution in [3.05, 3.63) is 72.5 Å². The van der Waals surface area contributed by atoms with E-state index in [1.807, 2.05) is 24.5 Å². The number of piperidine rings is 1. The highest BCUT2D eigenvalue weighted by atomic mass is 16.5. The first-order valence-corrected chi connectivity index (χ1v) is 11.8. The maximum Gasteiger partial charge on any atom is 0.274 e. The molecule has 2 aliphatic rings. The minimum Gasteiger partial charge on any atom is -0.371 e. The summed E-state index contributed by atoms with van der Waals surface area (Å²) in [4.78, 5) is 33.5. The van der Waals surface area contributed by atoms with Gasteiger partial charge in [-0.1, -0.05) is 17.3 Å². The van der Waals surface area contributed by atoms with E-state index in [4.69, 9.17) is 4.52 Å². The maximum atomic E-state index is 12.9. The van der Waals surface area contributed by atoms with Crippen LogP contribution in [0.2, 0.25) is 0 Å². The minimum absolute atomic E-state index is 0.212. The fourth-order valence-corrected chi connectivity index (χ4v) is 5.25. The molecule has 1 saturated carbocycles. The number of aryl methyl sites for hydroxylation is 1. The van der Waals surface area contributed by atoms with Crippen LogP contribution in [0.25, 0.3) is 11.1 Å². The molecule has 182 valence electrons. The van der Waals surface area contributed by atoms with Crippen LogP contribution in [0.5, 0.6) is 0 Å². The zero-order valence-electron chi connectivity index (χ0n) is 20.2. The highest BCUT2D eigenvalue weighted by Crippen LogP contribution is 2.58. The second-order valence-corrected chi connectivity index (χ2v) is 9.44. The van der Waals surface area contributed by atoms with E-state index in [-0.39, 0.29) is 12.5 Å². The van der Waals surface area contributed by atoms with Gasteiger partial charge in [-0.15, -0.1) is 0 Å². The number of aliphatic imine (C=N–C) groups is 1. The Bertz CT molecular complexity index is 1420. The van der Waals surface area contributed by atoms with Crippen LogP contribution in [-0.4, -0.2) is 62.3 Å². The molecule has 4 heterocycles. The van der Waals surface area contributed by atoms with E-state index >= 15 is 0 Å². The summed E-state index contributed by atoms with van der Waals surface area (Å²) in [6, 6.07) is 12.7. The molecule has 4 aromatic rings. The summed E-state index contributed by atoms with van der Waals surface area (Å²) in [5, 5.41) is 4.24. The Morgan fingerprint density at radius 3 is 2.72 bits per heavy atom. The van der Waals surface area contributed by atoms with Crippen molar-refractivity contribution in [3.8, 4) is 11.1 Å². The van der Waals surface area contributed by atoms with Gasteiger partial charge >= 0.3 is 0 Å². The van der Waals surface area contributed by atoms with Gasteiger partial charge in [0.15, 0.2) is 17.3 Å². The van der Waals surface area contributed by atoms with E-state index in [0.29, 0.717) is 35.2 Å². The molecule has 1 aliphatic carbocycles. The topological polar surface area (TPSA) is 106 Å². The van der Waals surface area contributed by atoms with Crippen molar-refractivity contribution in [1.29, 1.82) is 0 Å². The molecule has 0 spiro atoms. The van der Waals surface area contributed by atoms with Crippen molar-refractivity contribution in [2.75, 3.05) is 25.0 Å². The Kier molecular flexibility index (Phi) is 5.36. The Labute approximate surface area is 208 Å². The molecule has 0 bridgehead atoms. The lowest BCUT2D eigenvalue weighted by atomic mass is 10.1. The Hall–Kier alpha value is -4.34. The number of carbonyl (C=O) groups excluding carboxylic acids is 1. The molecule has 10 nitrogen and oxygen atoms in total. The van der Waals surface area contributed by atoms with E-state index in [1.54, 1.807) is 25.0 Å². The number of rotatable bonds is 7. The Morgan fingerprint density at radius 1 is 1.19 bits per heavy atom. The van der Waals surface area contributed by atoms with Gasteiger partial charge < -0.3 is 18.9 Å². The number of fused-ring (bicyclic) bond motifs is 1. The molecule has 10 heteroatoms. The zero-order valence-corrected chi connectivity index (χ0v) is 20.2. The molecule has 3 aromatic heterocycles. The predicted octanol–water partition coefficient (Wildman–Crippen LogP) is 3.32. The third-order valence-corrected chi connectivity index (χ3v) is 7.19. The smallest absolute Gasteiger partial charge is 0.274 e. The number of imidazole rings is 1. The van der Waals surface area contributed by atoms with Crippen molar-refractivity contribution in [2.24, 2.45) is 23.9 Å². The van der Waals surface area contributed by atoms with Crippen LogP contribution in [0.4, 0.5) is 11.5 Å². The molecule has 1 aliphatic heterocycles. The highest BCUT2D eigenvalue weighted by Gasteiger charge is 2.58. The van der Waals surface area contributed by atoms with E-state index in [1.165, 1.54) is 16.2 Å². The average Bonchev–Trinajstić information content (AvgIpc) is 3.31. The first-order chi connectivity index (χ1) is 17.5. The third kappa shape index (κ3) is 3.84. The second kappa shape index (κ2) is 8.71. The molecular weight excluding hydrogens is 456 g/mol. The fourth-order valence-electron chi connectivity index (χ4n) is 5.25. The number of carbonyl (C=O) groups is 1. The predicted molar refractivity (Wildman–Crippen MR) is 134 cm³/mol. The number of nitrogens with zero attached hydrogens (tertiary/aromatic N) is 8. The van der Waals surface area contributed by atoms with Gasteiger partial charge in [-0.3, -0.25) is 9.78 Å². The van der Waals surface area contributed by atoms with Crippen molar-refractivity contribution in [1.82, 2.24) is 29.6 Å². The third-order valence-electron chi connectivity index (χ3n) is 7.19. The number of benzene rings is 1. The van der Waals surface area contributed by atoms with Gasteiger partial charge in [-0.05, 0) is 53.9 Å². The summed E-state index contributed by atoms with van der Waals surface area (Å²) < 4.78 is 7.13. The van der Waals surface area contributed by atoms with Gasteiger partial charge in [-0.2, -0.15) is 4.98 Å². The minimum atomic E-state index is -0.231. The van der Waals surface area contributed by atoms with E-state index < -0.39 is 0 Å². The Morgan fingerprint density at radius 2 is 1.97 bits per heavy atom. The quantitative estimate of drug-likeness (QED) is 0.372. The molecule has 3 atom stereocenters. The summed E-state index contributed by atoms with van der Waals surface area (Å²) in [5.41, 5.74) is 3.96. The summed E-state index contributed by atoms with van der Waals surface area (Å²) in [5.74, 6) is 2.55. The van der Waals surface area contributed by atoms with Gasteiger partial charge in [0.25, 0.3) is 5.91 Å². The summed E-state index contributed by atoms with van der Waals surface area (Å²) in [6.07, 6.45) is 5.18. The van der Waals surface area contributed by atoms with Crippen LogP contribution < -0.4 is 4.90 Å². The summed E-state index contributed by atoms with van der Waals surface area (Å²) in [6.45, 7) is 5.63. The highest BCUT2D eigenvalue weighted by molar-refractivity contribution is 5.96. The SMILES string of the molecule is C=Nc1ncn(C)c1C(=O)N(C)Cc1nc([C@H]2[C@@H]3CN(c4cccc(-c5ccncc5)c4)C[C@@H]32)no1. The monoisotopic (exact) mass is 482 g/mol. The number of hydrogen-bond donors (Lipinski definition) is 0. The lowest BCUT2D eigenvalue weighted by Gasteiger charge is -2.22. The molecule has 36 heavy (non-hydrogen) atoms. The molecule has 0 unspecified atom stereocenters. The largest absolute Gasteiger partial charge is 0.371 e. The molecular formula is C26H26N8O2. The summed E-state index contributed by atoms with van der Waals surface area (Å²) >= 11 is 0. The standard InChI is InChI=1S/C26H26N8O2/c1-27-25-23(33(3)15-29-25)26(35)32(2)14-21-30-24(31-36-21)22-19-12-34(13-20(19)22)18-6-4-5-17(11-18)16-7-9-28-10-8-16/h4-11,15,19-20,22H,1,12-14H2,2-3H3/t19-,20+,22+. The first kappa shape index (κ1) is 22.1. The lowest BCUT2D eigenvalue weighted by Crippen LogP contribution is -2.28. The van der Waals surface area contributed by atoms with Crippen LogP contribution in [0, 0.1) is 11.8 Å². The van der Waals surface area contributed by atoms with Crippen LogP contribution in [0.1, 0.15) is 28.1 Å². The Balaban J connectivity index is 1.09. The van der Waals surface area contributed by atoms with Crippen molar-refractivity contribution in [3.63, 3.8) is 0 Å². The normalized spacial score (nSPS) is 20.3. The number of hydrogen-bond acceptors (Lipinski definition) is 8. The molecule has 0 radical (unpaired) electrons. The lowest BCUT2D eigenvalue weighted by molar-refractivity contribution is 0.0761. The van der Waals surface area contributed by atoms with Crippen LogP contribution in [-0.2, 0) is 13.6 Å². The number of amides is 1. The van der Waals surface area contributed by atoms with Crippen LogP contribution in [0.3, 0.4) is 0 Å². The van der Waals surface area contributed by atoms with Crippen molar-refractivity contribution >= 4 is 24.1 Å².